The van der Waals surface area contributed by atoms with Gasteiger partial charge in [0, 0.05) is 43.5 Å². The van der Waals surface area contributed by atoms with Crippen LogP contribution in [0.4, 0.5) is 11.4 Å². The van der Waals surface area contributed by atoms with Gasteiger partial charge in [-0.25, -0.2) is 0 Å². The van der Waals surface area contributed by atoms with Crippen molar-refractivity contribution in [3.8, 4) is 17.6 Å². The number of carbonyl (C=O) groups is 1. The number of piperazine rings is 1. The van der Waals surface area contributed by atoms with Gasteiger partial charge in [0.2, 0.25) is 0 Å². The third-order valence-corrected chi connectivity index (χ3v) is 4.65. The van der Waals surface area contributed by atoms with Gasteiger partial charge in [-0.15, -0.1) is 0 Å². The first kappa shape index (κ1) is 18.4. The van der Waals surface area contributed by atoms with E-state index in [0.717, 1.165) is 5.69 Å². The zero-order chi connectivity index (χ0) is 19.4. The smallest absolute Gasteiger partial charge is 0.254 e. The second kappa shape index (κ2) is 7.87. The van der Waals surface area contributed by atoms with Crippen molar-refractivity contribution in [2.45, 2.75) is 0 Å². The van der Waals surface area contributed by atoms with Crippen LogP contribution in [-0.4, -0.2) is 51.2 Å². The topological polar surface area (TPSA) is 91.8 Å². The van der Waals surface area contributed by atoms with Crippen molar-refractivity contribution in [3.63, 3.8) is 0 Å². The molecule has 1 amide bonds. The van der Waals surface area contributed by atoms with Gasteiger partial charge in [0.1, 0.15) is 17.6 Å². The average molecular weight is 366 g/mol. The Kier molecular flexibility index (Phi) is 5.36. The van der Waals surface area contributed by atoms with Gasteiger partial charge in [-0.2, -0.15) is 5.26 Å². The summed E-state index contributed by atoms with van der Waals surface area (Å²) in [5.74, 6) is 1.10. The first-order valence-electron chi connectivity index (χ1n) is 8.62. The number of nitrogens with zero attached hydrogens (tertiary/aromatic N) is 3. The highest BCUT2D eigenvalue weighted by molar-refractivity contribution is 5.95. The van der Waals surface area contributed by atoms with Crippen LogP contribution in [0.5, 0.6) is 11.5 Å². The lowest BCUT2D eigenvalue weighted by atomic mass is 10.1. The van der Waals surface area contributed by atoms with Crippen LogP contribution in [0.1, 0.15) is 15.9 Å². The lowest BCUT2D eigenvalue weighted by molar-refractivity contribution is 0.0746. The summed E-state index contributed by atoms with van der Waals surface area (Å²) in [4.78, 5) is 16.8. The zero-order valence-electron chi connectivity index (χ0n) is 15.4. The molecule has 0 radical (unpaired) electrons. The number of anilines is 2. The van der Waals surface area contributed by atoms with Crippen molar-refractivity contribution in [2.24, 2.45) is 0 Å². The average Bonchev–Trinajstić information content (AvgIpc) is 2.72. The Labute approximate surface area is 158 Å². The lowest BCUT2D eigenvalue weighted by Gasteiger charge is -2.36. The Morgan fingerprint density at radius 1 is 1.04 bits per heavy atom. The number of nitriles is 1. The lowest BCUT2D eigenvalue weighted by Crippen LogP contribution is -2.49. The predicted molar refractivity (Wildman–Crippen MR) is 103 cm³/mol. The number of nitrogens with two attached hydrogens (primary N) is 1. The molecule has 1 aliphatic rings. The molecule has 0 aromatic heterocycles. The normalized spacial score (nSPS) is 13.8. The van der Waals surface area contributed by atoms with Gasteiger partial charge >= 0.3 is 0 Å². The van der Waals surface area contributed by atoms with Gasteiger partial charge in [0.15, 0.2) is 0 Å². The number of amides is 1. The molecule has 7 heteroatoms. The number of nitrogen functional groups attached to an aromatic ring is 1. The maximum Gasteiger partial charge on any atom is 0.254 e. The number of hydrogen-bond acceptors (Lipinski definition) is 6. The molecule has 1 heterocycles. The van der Waals surface area contributed by atoms with Gasteiger partial charge in [-0.05, 0) is 30.3 Å². The highest BCUT2D eigenvalue weighted by Gasteiger charge is 2.24. The molecule has 1 aliphatic heterocycles. The van der Waals surface area contributed by atoms with Crippen LogP contribution in [0, 0.1) is 11.3 Å². The Hall–Kier alpha value is -3.40. The van der Waals surface area contributed by atoms with E-state index in [4.69, 9.17) is 15.2 Å². The van der Waals surface area contributed by atoms with Crippen molar-refractivity contribution in [1.82, 2.24) is 4.90 Å². The second-order valence-electron chi connectivity index (χ2n) is 6.27. The number of hydrogen-bond donors (Lipinski definition) is 1. The Morgan fingerprint density at radius 2 is 1.67 bits per heavy atom. The summed E-state index contributed by atoms with van der Waals surface area (Å²) >= 11 is 0. The van der Waals surface area contributed by atoms with Crippen LogP contribution in [0.2, 0.25) is 0 Å². The fourth-order valence-corrected chi connectivity index (χ4v) is 3.18. The molecule has 0 unspecified atom stereocenters. The minimum absolute atomic E-state index is 0.0651. The van der Waals surface area contributed by atoms with E-state index in [0.29, 0.717) is 54.5 Å². The highest BCUT2D eigenvalue weighted by atomic mass is 16.5. The van der Waals surface area contributed by atoms with E-state index >= 15 is 0 Å². The molecule has 0 spiro atoms. The first-order chi connectivity index (χ1) is 13.0. The van der Waals surface area contributed by atoms with Gasteiger partial charge in [0.25, 0.3) is 5.91 Å². The molecule has 0 atom stereocenters. The summed E-state index contributed by atoms with van der Waals surface area (Å²) in [6, 6.07) is 12.7. The van der Waals surface area contributed by atoms with Crippen LogP contribution >= 0.6 is 0 Å². The van der Waals surface area contributed by atoms with E-state index in [-0.39, 0.29) is 5.91 Å². The molecule has 1 saturated heterocycles. The van der Waals surface area contributed by atoms with E-state index in [1.807, 2.05) is 6.07 Å². The third-order valence-electron chi connectivity index (χ3n) is 4.65. The molecule has 1 fully saturated rings. The fraction of sp³-hybridized carbons (Fsp3) is 0.300. The molecule has 3 rings (SSSR count). The van der Waals surface area contributed by atoms with E-state index in [9.17, 15) is 10.1 Å². The van der Waals surface area contributed by atoms with Gasteiger partial charge < -0.3 is 25.0 Å². The van der Waals surface area contributed by atoms with E-state index in [1.54, 1.807) is 49.5 Å². The largest absolute Gasteiger partial charge is 0.497 e. The number of ether oxygens (including phenoxy) is 2. The van der Waals surface area contributed by atoms with Gasteiger partial charge in [0.05, 0.1) is 25.5 Å². The standard InChI is InChI=1S/C20H22N4O3/c1-26-17-10-14(11-18(12-17)27-2)20(25)24-7-5-23(6-8-24)19-4-3-16(22)9-15(19)13-21/h3-4,9-12H,5-8,22H2,1-2H3. The van der Waals surface area contributed by atoms with E-state index in [2.05, 4.69) is 11.0 Å². The van der Waals surface area contributed by atoms with Crippen molar-refractivity contribution in [3.05, 3.63) is 47.5 Å². The second-order valence-corrected chi connectivity index (χ2v) is 6.27. The van der Waals surface area contributed by atoms with E-state index in [1.165, 1.54) is 0 Å². The molecule has 27 heavy (non-hydrogen) atoms. The van der Waals surface area contributed by atoms with E-state index < -0.39 is 0 Å². The van der Waals surface area contributed by atoms with Crippen LogP contribution in [0.3, 0.4) is 0 Å². The van der Waals surface area contributed by atoms with Crippen LogP contribution in [-0.2, 0) is 0 Å². The predicted octanol–water partition coefficient (Wildman–Crippen LogP) is 2.12. The van der Waals surface area contributed by atoms with Gasteiger partial charge in [-0.1, -0.05) is 0 Å². The molecule has 0 saturated carbocycles. The third kappa shape index (κ3) is 3.90. The number of benzene rings is 2. The Bertz CT molecular complexity index is 861. The van der Waals surface area contributed by atoms with Crippen LogP contribution < -0.4 is 20.1 Å². The van der Waals surface area contributed by atoms with Crippen molar-refractivity contribution < 1.29 is 14.3 Å². The Morgan fingerprint density at radius 3 is 2.22 bits per heavy atom. The maximum absolute atomic E-state index is 12.9. The number of methoxy groups -OCH3 is 2. The maximum atomic E-state index is 12.9. The molecule has 0 bridgehead atoms. The Balaban J connectivity index is 1.73. The molecular weight excluding hydrogens is 344 g/mol. The summed E-state index contributed by atoms with van der Waals surface area (Å²) in [6.45, 7) is 2.41. The fourth-order valence-electron chi connectivity index (χ4n) is 3.18. The zero-order valence-corrected chi connectivity index (χ0v) is 15.4. The summed E-state index contributed by atoms with van der Waals surface area (Å²) in [5.41, 5.74) is 8.26. The van der Waals surface area contributed by atoms with Crippen LogP contribution in [0.25, 0.3) is 0 Å². The summed E-state index contributed by atoms with van der Waals surface area (Å²) in [5, 5.41) is 9.34. The minimum atomic E-state index is -0.0651. The molecule has 140 valence electrons. The highest BCUT2D eigenvalue weighted by Crippen LogP contribution is 2.26. The first-order valence-corrected chi connectivity index (χ1v) is 8.62. The molecular formula is C20H22N4O3. The summed E-state index contributed by atoms with van der Waals surface area (Å²) in [6.07, 6.45) is 0. The monoisotopic (exact) mass is 366 g/mol. The van der Waals surface area contributed by atoms with Crippen LogP contribution in [0.15, 0.2) is 36.4 Å². The number of carbonyl (C=O) groups excluding carboxylic acids is 1. The quantitative estimate of drug-likeness (QED) is 0.834. The minimum Gasteiger partial charge on any atom is -0.497 e. The molecule has 7 nitrogen and oxygen atoms in total. The summed E-state index contributed by atoms with van der Waals surface area (Å²) in [7, 11) is 3.11. The molecule has 2 N–H and O–H groups in total. The SMILES string of the molecule is COc1cc(OC)cc(C(=O)N2CCN(c3ccc(N)cc3C#N)CC2)c1. The van der Waals surface area contributed by atoms with Crippen molar-refractivity contribution in [1.29, 1.82) is 5.26 Å². The summed E-state index contributed by atoms with van der Waals surface area (Å²) < 4.78 is 10.5. The number of rotatable bonds is 4. The van der Waals surface area contributed by atoms with Gasteiger partial charge in [-0.3, -0.25) is 4.79 Å². The molecule has 2 aromatic carbocycles. The molecule has 0 aliphatic carbocycles. The van der Waals surface area contributed by atoms with Crippen molar-refractivity contribution in [2.75, 3.05) is 51.0 Å². The molecule has 2 aromatic rings. The van der Waals surface area contributed by atoms with Crippen molar-refractivity contribution >= 4 is 17.3 Å².